The van der Waals surface area contributed by atoms with Crippen molar-refractivity contribution >= 4 is 10.1 Å². The lowest BCUT2D eigenvalue weighted by Gasteiger charge is -2.15. The summed E-state index contributed by atoms with van der Waals surface area (Å²) in [5, 5.41) is 0. The van der Waals surface area contributed by atoms with Crippen LogP contribution in [-0.2, 0) is 10.1 Å². The summed E-state index contributed by atoms with van der Waals surface area (Å²) in [6, 6.07) is 0. The molecule has 4 nitrogen and oxygen atoms in total. The first-order chi connectivity index (χ1) is 9.45. The molecule has 0 radical (unpaired) electrons. The zero-order chi connectivity index (χ0) is 15.3. The molecule has 0 saturated carbocycles. The molecule has 0 aromatic carbocycles. The van der Waals surface area contributed by atoms with E-state index in [1.165, 1.54) is 57.8 Å². The van der Waals surface area contributed by atoms with Crippen LogP contribution >= 0.6 is 0 Å². The van der Waals surface area contributed by atoms with E-state index < -0.39 is 10.1 Å². The highest BCUT2D eigenvalue weighted by Crippen LogP contribution is 2.09. The average Bonchev–Trinajstić information content (AvgIpc) is 2.35. The Bertz CT molecular complexity index is 304. The molecule has 0 atom stereocenters. The van der Waals surface area contributed by atoms with Crippen molar-refractivity contribution in [1.29, 1.82) is 0 Å². The van der Waals surface area contributed by atoms with Gasteiger partial charge in [0.2, 0.25) is 0 Å². The standard InChI is InChI=1S/C15H33NO3S/c1-3-4-5-6-7-8-9-10-11-13-16(2)14-12-15-20(17,18)19/h3-15H2,1-2H3,(H,17,18,19). The fraction of sp³-hybridized carbons (Fsp3) is 1.00. The van der Waals surface area contributed by atoms with Crippen molar-refractivity contribution < 1.29 is 13.0 Å². The van der Waals surface area contributed by atoms with Crippen LogP contribution in [0.1, 0.15) is 71.1 Å². The van der Waals surface area contributed by atoms with Crippen LogP contribution in [0.15, 0.2) is 0 Å². The average molecular weight is 308 g/mol. The van der Waals surface area contributed by atoms with Gasteiger partial charge >= 0.3 is 0 Å². The highest BCUT2D eigenvalue weighted by molar-refractivity contribution is 7.85. The molecule has 0 saturated heterocycles. The van der Waals surface area contributed by atoms with Crippen LogP contribution < -0.4 is 0 Å². The topological polar surface area (TPSA) is 57.6 Å². The third kappa shape index (κ3) is 15.9. The molecule has 5 heteroatoms. The van der Waals surface area contributed by atoms with Crippen LogP contribution in [0, 0.1) is 0 Å². The van der Waals surface area contributed by atoms with E-state index in [2.05, 4.69) is 11.8 Å². The Balaban J connectivity index is 3.25. The van der Waals surface area contributed by atoms with Crippen molar-refractivity contribution in [2.45, 2.75) is 71.1 Å². The zero-order valence-electron chi connectivity index (χ0n) is 13.3. The fourth-order valence-electron chi connectivity index (χ4n) is 2.32. The van der Waals surface area contributed by atoms with E-state index >= 15 is 0 Å². The van der Waals surface area contributed by atoms with Gasteiger partial charge in [-0.05, 0) is 33.0 Å². The lowest BCUT2D eigenvalue weighted by atomic mass is 10.1. The third-order valence-electron chi connectivity index (χ3n) is 3.59. The third-order valence-corrected chi connectivity index (χ3v) is 4.39. The largest absolute Gasteiger partial charge is 0.306 e. The van der Waals surface area contributed by atoms with Gasteiger partial charge < -0.3 is 4.90 Å². The monoisotopic (exact) mass is 307 g/mol. The smallest absolute Gasteiger partial charge is 0.264 e. The normalized spacial score (nSPS) is 12.2. The van der Waals surface area contributed by atoms with Gasteiger partial charge in [-0.1, -0.05) is 58.3 Å². The zero-order valence-corrected chi connectivity index (χ0v) is 14.1. The number of unbranched alkanes of at least 4 members (excludes halogenated alkanes) is 8. The summed E-state index contributed by atoms with van der Waals surface area (Å²) in [6.45, 7) is 3.99. The molecule has 0 heterocycles. The van der Waals surface area contributed by atoms with E-state index in [-0.39, 0.29) is 5.75 Å². The Hall–Kier alpha value is -0.130. The Morgan fingerprint density at radius 3 is 1.75 bits per heavy atom. The molecule has 0 aliphatic carbocycles. The second kappa shape index (κ2) is 12.6. The first kappa shape index (κ1) is 19.9. The van der Waals surface area contributed by atoms with E-state index in [0.29, 0.717) is 6.42 Å². The van der Waals surface area contributed by atoms with Crippen LogP contribution in [0.3, 0.4) is 0 Å². The van der Waals surface area contributed by atoms with Crippen molar-refractivity contribution in [2.75, 3.05) is 25.9 Å². The van der Waals surface area contributed by atoms with Gasteiger partial charge in [0.25, 0.3) is 10.1 Å². The van der Waals surface area contributed by atoms with Gasteiger partial charge in [-0.15, -0.1) is 0 Å². The maximum atomic E-state index is 10.6. The van der Waals surface area contributed by atoms with E-state index in [4.69, 9.17) is 4.55 Å². The molecule has 20 heavy (non-hydrogen) atoms. The molecule has 0 spiro atoms. The lowest BCUT2D eigenvalue weighted by Crippen LogP contribution is -2.22. The van der Waals surface area contributed by atoms with Gasteiger partial charge in [0.05, 0.1) is 5.75 Å². The van der Waals surface area contributed by atoms with Gasteiger partial charge in [0.1, 0.15) is 0 Å². The highest BCUT2D eigenvalue weighted by Gasteiger charge is 2.05. The molecule has 0 aliphatic rings. The van der Waals surface area contributed by atoms with Crippen molar-refractivity contribution in [3.8, 4) is 0 Å². The van der Waals surface area contributed by atoms with Crippen LogP contribution in [0.25, 0.3) is 0 Å². The van der Waals surface area contributed by atoms with Crippen LogP contribution in [0.4, 0.5) is 0 Å². The molecule has 0 fully saturated rings. The van der Waals surface area contributed by atoms with E-state index in [0.717, 1.165) is 13.1 Å². The summed E-state index contributed by atoms with van der Waals surface area (Å²) in [4.78, 5) is 2.15. The minimum atomic E-state index is -3.79. The summed E-state index contributed by atoms with van der Waals surface area (Å²) in [6.07, 6.45) is 12.4. The van der Waals surface area contributed by atoms with Crippen LogP contribution in [-0.4, -0.2) is 43.8 Å². The van der Waals surface area contributed by atoms with Gasteiger partial charge in [0.15, 0.2) is 0 Å². The predicted molar refractivity (Wildman–Crippen MR) is 85.8 cm³/mol. The molecular formula is C15H33NO3S. The van der Waals surface area contributed by atoms with E-state index in [9.17, 15) is 8.42 Å². The van der Waals surface area contributed by atoms with Crippen LogP contribution in [0.5, 0.6) is 0 Å². The highest BCUT2D eigenvalue weighted by atomic mass is 32.2. The molecule has 1 N–H and O–H groups in total. The van der Waals surface area contributed by atoms with Crippen molar-refractivity contribution in [3.63, 3.8) is 0 Å². The van der Waals surface area contributed by atoms with Crippen molar-refractivity contribution in [2.24, 2.45) is 0 Å². The number of hydrogen-bond donors (Lipinski definition) is 1. The minimum Gasteiger partial charge on any atom is -0.306 e. The van der Waals surface area contributed by atoms with Crippen LogP contribution in [0.2, 0.25) is 0 Å². The molecular weight excluding hydrogens is 274 g/mol. The second-order valence-corrected chi connectivity index (χ2v) is 7.34. The summed E-state index contributed by atoms with van der Waals surface area (Å²) in [5.74, 6) is -0.130. The summed E-state index contributed by atoms with van der Waals surface area (Å²) < 4.78 is 29.8. The van der Waals surface area contributed by atoms with E-state index in [1.54, 1.807) is 0 Å². The second-order valence-electron chi connectivity index (χ2n) is 5.77. The Labute approximate surface area is 125 Å². The van der Waals surface area contributed by atoms with Gasteiger partial charge in [-0.3, -0.25) is 4.55 Å². The molecule has 122 valence electrons. The minimum absolute atomic E-state index is 0.130. The molecule has 0 aromatic heterocycles. The lowest BCUT2D eigenvalue weighted by molar-refractivity contribution is 0.323. The van der Waals surface area contributed by atoms with Crippen molar-refractivity contribution in [1.82, 2.24) is 4.90 Å². The summed E-state index contributed by atoms with van der Waals surface area (Å²) in [7, 11) is -1.78. The Morgan fingerprint density at radius 2 is 1.25 bits per heavy atom. The molecule has 0 aliphatic heterocycles. The Kier molecular flexibility index (Phi) is 12.5. The van der Waals surface area contributed by atoms with E-state index in [1.807, 2.05) is 7.05 Å². The maximum Gasteiger partial charge on any atom is 0.264 e. The van der Waals surface area contributed by atoms with Gasteiger partial charge in [0, 0.05) is 0 Å². The van der Waals surface area contributed by atoms with Gasteiger partial charge in [-0.25, -0.2) is 0 Å². The molecule has 0 bridgehead atoms. The SMILES string of the molecule is CCCCCCCCCCCN(C)CCCS(=O)(=O)O. The summed E-state index contributed by atoms with van der Waals surface area (Å²) >= 11 is 0. The number of nitrogens with zero attached hydrogens (tertiary/aromatic N) is 1. The van der Waals surface area contributed by atoms with Gasteiger partial charge in [-0.2, -0.15) is 8.42 Å². The quantitative estimate of drug-likeness (QED) is 0.392. The van der Waals surface area contributed by atoms with Crippen molar-refractivity contribution in [3.05, 3.63) is 0 Å². The molecule has 0 aromatic rings. The molecule has 0 amide bonds. The number of rotatable bonds is 14. The summed E-state index contributed by atoms with van der Waals surface area (Å²) in [5.41, 5.74) is 0. The first-order valence-corrected chi connectivity index (χ1v) is 9.70. The molecule has 0 unspecified atom stereocenters. The fourth-order valence-corrected chi connectivity index (χ4v) is 2.81. The first-order valence-electron chi connectivity index (χ1n) is 8.09. The maximum absolute atomic E-state index is 10.6. The number of hydrogen-bond acceptors (Lipinski definition) is 3. The molecule has 0 rings (SSSR count). The Morgan fingerprint density at radius 1 is 0.800 bits per heavy atom. The predicted octanol–water partition coefficient (Wildman–Crippen LogP) is 3.73.